The van der Waals surface area contributed by atoms with Crippen LogP contribution in [0.15, 0.2) is 71.7 Å². The van der Waals surface area contributed by atoms with E-state index in [9.17, 15) is 26.4 Å². The molecule has 1 saturated heterocycles. The zero-order valence-electron chi connectivity index (χ0n) is 27.1. The summed E-state index contributed by atoms with van der Waals surface area (Å²) in [5.41, 5.74) is 0.676. The van der Waals surface area contributed by atoms with E-state index < -0.39 is 40.1 Å². The summed E-state index contributed by atoms with van der Waals surface area (Å²) in [6.07, 6.45) is -4.63. The van der Waals surface area contributed by atoms with E-state index in [-0.39, 0.29) is 56.5 Å². The van der Waals surface area contributed by atoms with Gasteiger partial charge in [-0.3, -0.25) is 9.89 Å². The smallest absolute Gasteiger partial charge is 0.416 e. The molecular formula is C33H37Cl2F3N6O4S. The van der Waals surface area contributed by atoms with E-state index in [2.05, 4.69) is 4.72 Å². The van der Waals surface area contributed by atoms with Crippen molar-refractivity contribution in [3.05, 3.63) is 99.0 Å². The van der Waals surface area contributed by atoms with Gasteiger partial charge in [0.2, 0.25) is 0 Å². The summed E-state index contributed by atoms with van der Waals surface area (Å²) in [5, 5.41) is 0.967. The number of benzene rings is 3. The number of carbonyl (C=O) groups is 1. The number of amidine groups is 1. The van der Waals surface area contributed by atoms with Gasteiger partial charge in [0, 0.05) is 49.3 Å². The Balaban J connectivity index is 1.57. The molecular weight excluding hydrogens is 704 g/mol. The normalized spacial score (nSPS) is 19.0. The first-order chi connectivity index (χ1) is 23.2. The first kappa shape index (κ1) is 36.9. The van der Waals surface area contributed by atoms with Crippen molar-refractivity contribution in [2.45, 2.75) is 25.2 Å². The summed E-state index contributed by atoms with van der Waals surface area (Å²) in [7, 11) is -0.108. The van der Waals surface area contributed by atoms with Crippen molar-refractivity contribution in [2.24, 2.45) is 4.99 Å². The Kier molecular flexibility index (Phi) is 11.5. The molecule has 1 fully saturated rings. The number of urea groups is 1. The zero-order chi connectivity index (χ0) is 35.5. The molecule has 0 bridgehead atoms. The number of hydrogen-bond acceptors (Lipinski definition) is 6. The van der Waals surface area contributed by atoms with Gasteiger partial charge in [-0.1, -0.05) is 47.5 Å². The number of rotatable bonds is 10. The predicted octanol–water partition coefficient (Wildman–Crippen LogP) is 6.09. The Labute approximate surface area is 294 Å². The lowest BCUT2D eigenvalue weighted by Crippen LogP contribution is -2.56. The molecule has 2 aliphatic heterocycles. The summed E-state index contributed by atoms with van der Waals surface area (Å²) in [5.74, 6) is 0.0303. The van der Waals surface area contributed by atoms with Gasteiger partial charge >= 0.3 is 12.2 Å². The van der Waals surface area contributed by atoms with Crippen LogP contribution < -0.4 is 9.46 Å². The van der Waals surface area contributed by atoms with Crippen molar-refractivity contribution in [3.63, 3.8) is 0 Å². The number of hydrogen-bond donors (Lipinski definition) is 1. The van der Waals surface area contributed by atoms with E-state index in [1.54, 1.807) is 55.5 Å². The molecule has 264 valence electrons. The highest BCUT2D eigenvalue weighted by atomic mass is 35.5. The van der Waals surface area contributed by atoms with E-state index in [0.717, 1.165) is 12.1 Å². The summed E-state index contributed by atoms with van der Waals surface area (Å²) in [4.78, 5) is 24.5. The van der Waals surface area contributed by atoms with Crippen LogP contribution in [0.5, 0.6) is 5.75 Å². The number of alkyl halides is 3. The van der Waals surface area contributed by atoms with Gasteiger partial charge in [-0.15, -0.1) is 0 Å². The fraction of sp³-hybridized carbons (Fsp3) is 0.394. The Morgan fingerprint density at radius 2 is 1.55 bits per heavy atom. The third kappa shape index (κ3) is 8.50. The number of nitrogens with zero attached hydrogens (tertiary/aromatic N) is 5. The van der Waals surface area contributed by atoms with Gasteiger partial charge < -0.3 is 14.5 Å². The van der Waals surface area contributed by atoms with Gasteiger partial charge in [-0.05, 0) is 74.6 Å². The Morgan fingerprint density at radius 1 is 0.959 bits per heavy atom. The highest BCUT2D eigenvalue weighted by Gasteiger charge is 2.45. The molecule has 0 radical (unpaired) electrons. The van der Waals surface area contributed by atoms with Gasteiger partial charge in [0.15, 0.2) is 0 Å². The third-order valence-corrected chi connectivity index (χ3v) is 10.4. The number of halogens is 5. The monoisotopic (exact) mass is 740 g/mol. The van der Waals surface area contributed by atoms with E-state index in [1.165, 1.54) is 20.2 Å². The molecule has 0 aliphatic carbocycles. The summed E-state index contributed by atoms with van der Waals surface area (Å²) < 4.78 is 76.9. The summed E-state index contributed by atoms with van der Waals surface area (Å²) in [6.45, 7) is 2.69. The summed E-state index contributed by atoms with van der Waals surface area (Å²) >= 11 is 12.4. The molecule has 3 aromatic carbocycles. The minimum Gasteiger partial charge on any atom is -0.493 e. The molecule has 49 heavy (non-hydrogen) atoms. The number of piperazine rings is 1. The van der Waals surface area contributed by atoms with Crippen LogP contribution in [0.3, 0.4) is 0 Å². The van der Waals surface area contributed by atoms with Crippen LogP contribution in [-0.2, 0) is 16.4 Å². The van der Waals surface area contributed by atoms with Gasteiger partial charge in [-0.25, -0.2) is 9.52 Å². The van der Waals surface area contributed by atoms with Crippen molar-refractivity contribution in [2.75, 3.05) is 60.0 Å². The molecule has 5 rings (SSSR count). The fourth-order valence-electron chi connectivity index (χ4n) is 5.77. The average molecular weight is 742 g/mol. The lowest BCUT2D eigenvalue weighted by Gasteiger charge is -2.38. The van der Waals surface area contributed by atoms with Crippen molar-refractivity contribution < 1.29 is 31.1 Å². The van der Waals surface area contributed by atoms with Gasteiger partial charge in [0.1, 0.15) is 17.6 Å². The molecule has 2 aliphatic rings. The predicted molar refractivity (Wildman–Crippen MR) is 183 cm³/mol. The van der Waals surface area contributed by atoms with Crippen LogP contribution in [0.1, 0.15) is 41.3 Å². The number of ether oxygens (including phenoxy) is 1. The van der Waals surface area contributed by atoms with Crippen molar-refractivity contribution >= 4 is 45.3 Å². The molecule has 2 amide bonds. The van der Waals surface area contributed by atoms with Crippen molar-refractivity contribution in [1.82, 2.24) is 23.7 Å². The Hall–Kier alpha value is -3.40. The van der Waals surface area contributed by atoms with Crippen LogP contribution in [0, 0.1) is 0 Å². The quantitative estimate of drug-likeness (QED) is 0.272. The lowest BCUT2D eigenvalue weighted by atomic mass is 9.93. The Morgan fingerprint density at radius 3 is 2.10 bits per heavy atom. The van der Waals surface area contributed by atoms with Crippen LogP contribution in [0.4, 0.5) is 18.0 Å². The van der Waals surface area contributed by atoms with Gasteiger partial charge in [0.25, 0.3) is 10.2 Å². The number of amides is 2. The number of aliphatic imine (C=N–C) groups is 1. The second kappa shape index (κ2) is 15.2. The standard InChI is InChI=1S/C33H37Cl2F3N6O4S/c1-4-48-28-21-24(33(36,37)38)9-14-27(28)31-40-29(22-5-10-25(34)11-6-22)30(23-7-12-26(35)13-8-23)44(31)32(45)42-17-19-43(20-18-42)49(46,47)39-15-16-41(2)3/h5-14,21,29-30,39H,4,15-20H2,1-3H3. The lowest BCUT2D eigenvalue weighted by molar-refractivity contribution is -0.137. The average Bonchev–Trinajstić information content (AvgIpc) is 3.45. The zero-order valence-corrected chi connectivity index (χ0v) is 29.5. The first-order valence-electron chi connectivity index (χ1n) is 15.6. The molecule has 2 unspecified atom stereocenters. The van der Waals surface area contributed by atoms with Gasteiger partial charge in [-0.2, -0.15) is 25.9 Å². The minimum atomic E-state index is -4.63. The maximum absolute atomic E-state index is 14.7. The molecule has 2 atom stereocenters. The molecule has 16 heteroatoms. The molecule has 0 aromatic heterocycles. The third-order valence-electron chi connectivity index (χ3n) is 8.24. The first-order valence-corrected chi connectivity index (χ1v) is 17.8. The van der Waals surface area contributed by atoms with Crippen molar-refractivity contribution in [1.29, 1.82) is 0 Å². The molecule has 2 heterocycles. The van der Waals surface area contributed by atoms with E-state index in [4.69, 9.17) is 32.9 Å². The second-order valence-corrected chi connectivity index (χ2v) is 14.5. The van der Waals surface area contributed by atoms with E-state index in [1.807, 2.05) is 19.0 Å². The van der Waals surface area contributed by atoms with Gasteiger partial charge in [0.05, 0.1) is 23.8 Å². The molecule has 0 saturated carbocycles. The van der Waals surface area contributed by atoms with Crippen LogP contribution in [0.25, 0.3) is 0 Å². The fourth-order valence-corrected chi connectivity index (χ4v) is 7.20. The number of nitrogens with one attached hydrogen (secondary N) is 1. The summed E-state index contributed by atoms with van der Waals surface area (Å²) in [6, 6.07) is 15.1. The number of carbonyl (C=O) groups excluding carboxylic acids is 1. The van der Waals surface area contributed by atoms with E-state index in [0.29, 0.717) is 27.7 Å². The minimum absolute atomic E-state index is 0.0417. The topological polar surface area (TPSA) is 97.8 Å². The molecule has 3 aromatic rings. The maximum atomic E-state index is 14.7. The molecule has 1 N–H and O–H groups in total. The highest BCUT2D eigenvalue weighted by molar-refractivity contribution is 7.87. The largest absolute Gasteiger partial charge is 0.493 e. The SMILES string of the molecule is CCOc1cc(C(F)(F)F)ccc1C1=NC(c2ccc(Cl)cc2)C(c2ccc(Cl)cc2)N1C(=O)N1CCN(S(=O)(=O)NCCN(C)C)CC1. The van der Waals surface area contributed by atoms with Crippen molar-refractivity contribution in [3.8, 4) is 5.75 Å². The maximum Gasteiger partial charge on any atom is 0.416 e. The Bertz CT molecular complexity index is 1770. The molecule has 10 nitrogen and oxygen atoms in total. The van der Waals surface area contributed by atoms with Crippen LogP contribution in [-0.4, -0.2) is 99.3 Å². The molecule has 0 spiro atoms. The van der Waals surface area contributed by atoms with Crippen LogP contribution >= 0.6 is 23.2 Å². The van der Waals surface area contributed by atoms with Crippen LogP contribution in [0.2, 0.25) is 10.0 Å². The van der Waals surface area contributed by atoms with E-state index >= 15 is 0 Å². The number of likely N-dealkylation sites (N-methyl/N-ethyl adjacent to an activating group) is 1. The highest BCUT2D eigenvalue weighted by Crippen LogP contribution is 2.46. The second-order valence-electron chi connectivity index (χ2n) is 11.8.